The average molecular weight is 300 g/mol. The Balaban J connectivity index is 1.72. The van der Waals surface area contributed by atoms with Crippen molar-refractivity contribution in [3.63, 3.8) is 0 Å². The minimum atomic E-state index is -0.971. The molecule has 1 N–H and O–H groups in total. The number of halogens is 1. The lowest BCUT2D eigenvalue weighted by Gasteiger charge is -2.49. The van der Waals surface area contributed by atoms with Crippen molar-refractivity contribution in [2.45, 2.75) is 25.8 Å². The van der Waals surface area contributed by atoms with Crippen LogP contribution in [0.5, 0.6) is 0 Å². The summed E-state index contributed by atoms with van der Waals surface area (Å²) in [5, 5.41) is 10.8. The Hall–Kier alpha value is -2.47. The monoisotopic (exact) mass is 300 g/mol. The number of ether oxygens (including phenoxy) is 1. The molecule has 4 aliphatic rings. The van der Waals surface area contributed by atoms with E-state index in [1.165, 1.54) is 12.1 Å². The summed E-state index contributed by atoms with van der Waals surface area (Å²) in [5.74, 6) is -1.30. The topological polar surface area (TPSA) is 62.1 Å². The molecule has 4 aliphatic heterocycles. The maximum Gasteiger partial charge on any atom is 0.336 e. The Kier molecular flexibility index (Phi) is 2.43. The van der Waals surface area contributed by atoms with Crippen LogP contribution in [0.1, 0.15) is 13.8 Å². The van der Waals surface area contributed by atoms with Crippen LogP contribution in [-0.2, 0) is 9.53 Å². The van der Waals surface area contributed by atoms with Gasteiger partial charge in [-0.15, -0.1) is 0 Å². The highest BCUT2D eigenvalue weighted by atomic mass is 19.1. The summed E-state index contributed by atoms with van der Waals surface area (Å²) in [6.07, 6.45) is 3.24. The van der Waals surface area contributed by atoms with Crippen LogP contribution in [0.4, 0.5) is 4.39 Å². The van der Waals surface area contributed by atoms with Crippen LogP contribution in [-0.4, -0.2) is 27.9 Å². The molecule has 0 amide bonds. The van der Waals surface area contributed by atoms with E-state index in [9.17, 15) is 14.3 Å². The Labute approximate surface area is 125 Å². The molecule has 6 heteroatoms. The fourth-order valence-electron chi connectivity index (χ4n) is 3.32. The lowest BCUT2D eigenvalue weighted by atomic mass is 10.1. The van der Waals surface area contributed by atoms with E-state index in [0.717, 1.165) is 5.22 Å². The van der Waals surface area contributed by atoms with Gasteiger partial charge in [-0.25, -0.2) is 14.2 Å². The van der Waals surface area contributed by atoms with Gasteiger partial charge in [-0.2, -0.15) is 0 Å². The lowest BCUT2D eigenvalue weighted by Crippen LogP contribution is -2.60. The van der Waals surface area contributed by atoms with Gasteiger partial charge in [0.2, 0.25) is 0 Å². The molecule has 1 fully saturated rings. The van der Waals surface area contributed by atoms with Gasteiger partial charge >= 0.3 is 5.97 Å². The third-order valence-electron chi connectivity index (χ3n) is 4.35. The number of rotatable bonds is 2. The molecule has 5 nitrogen and oxygen atoms in total. The number of allylic oxidation sites excluding steroid dienone is 1. The zero-order chi connectivity index (χ0) is 15.6. The maximum absolute atomic E-state index is 13.2. The number of nitrogens with zero attached hydrogens (tertiary/aromatic N) is 2. The van der Waals surface area contributed by atoms with Crippen molar-refractivity contribution in [2.75, 3.05) is 0 Å². The number of fused-ring (bicyclic) bond motifs is 1. The number of hydrogen-bond donors (Lipinski definition) is 1. The zero-order valence-electron chi connectivity index (χ0n) is 12.0. The van der Waals surface area contributed by atoms with E-state index >= 15 is 0 Å². The van der Waals surface area contributed by atoms with E-state index in [-0.39, 0.29) is 17.6 Å². The molecule has 0 aliphatic carbocycles. The first-order chi connectivity index (χ1) is 10.4. The summed E-state index contributed by atoms with van der Waals surface area (Å²) in [6, 6.07) is 4.44. The fraction of sp³-hybridized carbons (Fsp3) is 0.250. The van der Waals surface area contributed by atoms with Crippen LogP contribution in [0, 0.1) is 5.82 Å². The maximum atomic E-state index is 13.2. The van der Waals surface area contributed by atoms with Gasteiger partial charge in [0, 0.05) is 17.5 Å². The number of benzene rings is 1. The molecular formula is C16H13FN2O3. The second-order valence-electron chi connectivity index (χ2n) is 5.74. The van der Waals surface area contributed by atoms with E-state index in [2.05, 4.69) is 4.99 Å². The predicted molar refractivity (Wildman–Crippen MR) is 75.2 cm³/mol. The molecule has 2 unspecified atom stereocenters. The Bertz CT molecular complexity index is 902. The Morgan fingerprint density at radius 1 is 1.55 bits per heavy atom. The van der Waals surface area contributed by atoms with E-state index < -0.39 is 11.7 Å². The SMILES string of the molecule is CC1=C(C(=O)O)C2(C)OC1N2/C=C1/C=c2ccc(F)cc2=N1. The molecule has 112 valence electrons. The molecule has 2 bridgehead atoms. The standard InChI is InChI=1S/C16H13FN2O3/c1-8-13(15(20)21)16(2)19(14(8)22-16)7-11-5-9-3-4-10(17)6-12(9)18-11/h3-7,14H,1-2H3,(H,20,21)/b11-7-. The summed E-state index contributed by atoms with van der Waals surface area (Å²) >= 11 is 0. The van der Waals surface area contributed by atoms with Crippen molar-refractivity contribution in [3.8, 4) is 0 Å². The van der Waals surface area contributed by atoms with Gasteiger partial charge < -0.3 is 14.7 Å². The predicted octanol–water partition coefficient (Wildman–Crippen LogP) is 0.870. The number of aliphatic carboxylic acids is 1. The number of carboxylic acids is 1. The summed E-state index contributed by atoms with van der Waals surface area (Å²) in [7, 11) is 0. The molecule has 5 rings (SSSR count). The second-order valence-corrected chi connectivity index (χ2v) is 5.74. The Morgan fingerprint density at radius 2 is 2.32 bits per heavy atom. The van der Waals surface area contributed by atoms with Crippen molar-refractivity contribution < 1.29 is 19.0 Å². The van der Waals surface area contributed by atoms with Crippen LogP contribution in [0.15, 0.2) is 46.2 Å². The van der Waals surface area contributed by atoms with Crippen molar-refractivity contribution in [2.24, 2.45) is 4.99 Å². The van der Waals surface area contributed by atoms with Crippen molar-refractivity contribution >= 4 is 12.0 Å². The normalized spacial score (nSPS) is 30.0. The van der Waals surface area contributed by atoms with Gasteiger partial charge in [0.05, 0.1) is 16.6 Å². The van der Waals surface area contributed by atoms with Crippen LogP contribution in [0.25, 0.3) is 6.08 Å². The van der Waals surface area contributed by atoms with Gasteiger partial charge in [-0.05, 0) is 37.6 Å². The molecule has 1 aromatic rings. The summed E-state index contributed by atoms with van der Waals surface area (Å²) < 4.78 is 18.9. The first-order valence-corrected chi connectivity index (χ1v) is 6.89. The average Bonchev–Trinajstić information content (AvgIpc) is 3.01. The summed E-state index contributed by atoms with van der Waals surface area (Å²) in [6.45, 7) is 3.49. The molecular weight excluding hydrogens is 287 g/mol. The second kappa shape index (κ2) is 4.04. The van der Waals surface area contributed by atoms with E-state index in [1.807, 2.05) is 11.0 Å². The zero-order valence-corrected chi connectivity index (χ0v) is 12.0. The lowest BCUT2D eigenvalue weighted by molar-refractivity contribution is -0.270. The van der Waals surface area contributed by atoms with Crippen LogP contribution in [0.3, 0.4) is 0 Å². The highest BCUT2D eigenvalue weighted by Gasteiger charge is 2.61. The van der Waals surface area contributed by atoms with Crippen molar-refractivity contribution in [3.05, 3.63) is 57.6 Å². The third-order valence-corrected chi connectivity index (χ3v) is 4.35. The van der Waals surface area contributed by atoms with E-state index in [4.69, 9.17) is 4.74 Å². The third kappa shape index (κ3) is 1.55. The van der Waals surface area contributed by atoms with Gasteiger partial charge in [-0.1, -0.05) is 0 Å². The first-order valence-electron chi connectivity index (χ1n) is 6.89. The smallest absolute Gasteiger partial charge is 0.336 e. The number of hydrogen-bond acceptors (Lipinski definition) is 4. The van der Waals surface area contributed by atoms with Crippen LogP contribution >= 0.6 is 0 Å². The molecule has 1 aromatic carbocycles. The molecule has 1 saturated heterocycles. The highest BCUT2D eigenvalue weighted by Crippen LogP contribution is 2.51. The largest absolute Gasteiger partial charge is 0.478 e. The van der Waals surface area contributed by atoms with Gasteiger partial charge in [-0.3, -0.25) is 0 Å². The quantitative estimate of drug-likeness (QED) is 0.880. The molecule has 4 heterocycles. The number of carbonyl (C=O) groups is 1. The van der Waals surface area contributed by atoms with Crippen LogP contribution in [0.2, 0.25) is 0 Å². The number of carboxylic acid groups (broad SMARTS) is 1. The summed E-state index contributed by atoms with van der Waals surface area (Å²) in [5.41, 5.74) is 0.667. The van der Waals surface area contributed by atoms with Crippen LogP contribution < -0.4 is 10.6 Å². The fourth-order valence-corrected chi connectivity index (χ4v) is 3.32. The van der Waals surface area contributed by atoms with Gasteiger partial charge in [0.1, 0.15) is 5.82 Å². The molecule has 0 aromatic heterocycles. The van der Waals surface area contributed by atoms with Gasteiger partial charge in [0.15, 0.2) is 12.0 Å². The molecule has 2 atom stereocenters. The van der Waals surface area contributed by atoms with Crippen molar-refractivity contribution in [1.29, 1.82) is 0 Å². The Morgan fingerprint density at radius 3 is 3.00 bits per heavy atom. The first kappa shape index (κ1) is 13.2. The van der Waals surface area contributed by atoms with E-state index in [1.54, 1.807) is 26.1 Å². The molecule has 0 spiro atoms. The van der Waals surface area contributed by atoms with Gasteiger partial charge in [0.25, 0.3) is 0 Å². The molecule has 22 heavy (non-hydrogen) atoms. The summed E-state index contributed by atoms with van der Waals surface area (Å²) in [4.78, 5) is 17.6. The minimum absolute atomic E-state index is 0.274. The molecule has 0 radical (unpaired) electrons. The van der Waals surface area contributed by atoms with E-state index in [0.29, 0.717) is 16.6 Å². The van der Waals surface area contributed by atoms with Crippen molar-refractivity contribution in [1.82, 2.24) is 4.90 Å². The minimum Gasteiger partial charge on any atom is -0.478 e. The highest BCUT2D eigenvalue weighted by molar-refractivity contribution is 5.91. The molecule has 0 saturated carbocycles.